The molecule has 336 valence electrons. The normalized spacial score (nSPS) is 14.1. The summed E-state index contributed by atoms with van der Waals surface area (Å²) in [6, 6.07) is 76.4. The second-order valence-corrected chi connectivity index (χ2v) is 20.3. The average Bonchev–Trinajstić information content (AvgIpc) is 3.94. The fourth-order valence-corrected chi connectivity index (χ4v) is 11.2. The smallest absolute Gasteiger partial charge is 0.238 e. The van der Waals surface area contributed by atoms with E-state index in [-0.39, 0.29) is 10.8 Å². The van der Waals surface area contributed by atoms with Crippen molar-refractivity contribution in [2.75, 3.05) is 0 Å². The molecule has 1 aliphatic rings. The Hall–Kier alpha value is -8.41. The lowest BCUT2D eigenvalue weighted by Crippen LogP contribution is -2.33. The van der Waals surface area contributed by atoms with Crippen molar-refractivity contribution in [1.82, 2.24) is 24.1 Å². The van der Waals surface area contributed by atoms with Crippen LogP contribution in [0.2, 0.25) is 0 Å². The second-order valence-electron chi connectivity index (χ2n) is 20.3. The van der Waals surface area contributed by atoms with Crippen LogP contribution < -0.4 is 0 Å². The van der Waals surface area contributed by atoms with Gasteiger partial charge in [0.1, 0.15) is 0 Å². The highest BCUT2D eigenvalue weighted by Crippen LogP contribution is 2.47. The predicted octanol–water partition coefficient (Wildman–Crippen LogP) is 16.7. The van der Waals surface area contributed by atoms with Crippen LogP contribution in [-0.2, 0) is 10.8 Å². The van der Waals surface area contributed by atoms with Gasteiger partial charge in [0.25, 0.3) is 0 Å². The molecule has 0 bridgehead atoms. The zero-order chi connectivity index (χ0) is 47.1. The van der Waals surface area contributed by atoms with E-state index in [1.54, 1.807) is 0 Å². The third kappa shape index (κ3) is 6.87. The van der Waals surface area contributed by atoms with Gasteiger partial charge in [-0.1, -0.05) is 210 Å². The summed E-state index contributed by atoms with van der Waals surface area (Å²) >= 11 is 0. The number of benzene rings is 9. The van der Waals surface area contributed by atoms with Crippen LogP contribution in [0.15, 0.2) is 212 Å². The number of aromatic nitrogens is 5. The first kappa shape index (κ1) is 41.8. The molecule has 3 aromatic heterocycles. The molecule has 3 heterocycles. The summed E-state index contributed by atoms with van der Waals surface area (Å²) in [6.45, 7) is 9.60. The standard InChI is InChI=1S/C65H51N5/c1-64(2)38-39-65(3,4)56-41-48(32-37-55(56)64)45-30-33-50(34-31-45)69-57-24-13-11-22-51(57)53-35-36-54-52-23-12-14-25-58(52)70(60(54)59(53)69)63-67-61(46-28-26-44(27-29-46)42-16-7-5-8-17-42)66-62(68-63)49-21-15-20-47(40-49)43-18-9-6-10-19-43/h5-37,40-41H,38-39H2,1-4H3. The van der Waals surface area contributed by atoms with Crippen LogP contribution in [0.3, 0.4) is 0 Å². The molecular weight excluding hydrogens is 851 g/mol. The molecule has 0 amide bonds. The van der Waals surface area contributed by atoms with E-state index in [0.29, 0.717) is 17.6 Å². The Kier molecular flexibility index (Phi) is 9.60. The van der Waals surface area contributed by atoms with Crippen molar-refractivity contribution in [2.45, 2.75) is 51.4 Å². The van der Waals surface area contributed by atoms with E-state index >= 15 is 0 Å². The molecule has 0 N–H and O–H groups in total. The monoisotopic (exact) mass is 901 g/mol. The van der Waals surface area contributed by atoms with E-state index in [1.165, 1.54) is 40.5 Å². The topological polar surface area (TPSA) is 48.5 Å². The van der Waals surface area contributed by atoms with Crippen LogP contribution in [0, 0.1) is 0 Å². The van der Waals surface area contributed by atoms with E-state index in [2.05, 4.69) is 243 Å². The highest BCUT2D eigenvalue weighted by atomic mass is 15.2. The highest BCUT2D eigenvalue weighted by molar-refractivity contribution is 6.23. The molecule has 0 unspecified atom stereocenters. The summed E-state index contributed by atoms with van der Waals surface area (Å²) < 4.78 is 4.72. The minimum atomic E-state index is 0.132. The summed E-state index contributed by atoms with van der Waals surface area (Å²) in [5.74, 6) is 1.77. The van der Waals surface area contributed by atoms with Gasteiger partial charge in [-0.3, -0.25) is 4.57 Å². The minimum Gasteiger partial charge on any atom is -0.307 e. The maximum atomic E-state index is 5.46. The zero-order valence-electron chi connectivity index (χ0n) is 39.9. The van der Waals surface area contributed by atoms with Crippen molar-refractivity contribution in [2.24, 2.45) is 0 Å². The quantitative estimate of drug-likeness (QED) is 0.160. The summed E-state index contributed by atoms with van der Waals surface area (Å²) in [5.41, 5.74) is 17.5. The molecule has 5 heteroatoms. The number of hydrogen-bond donors (Lipinski definition) is 0. The van der Waals surface area contributed by atoms with Crippen molar-refractivity contribution in [3.63, 3.8) is 0 Å². The van der Waals surface area contributed by atoms with Gasteiger partial charge < -0.3 is 4.57 Å². The van der Waals surface area contributed by atoms with Gasteiger partial charge in [-0.25, -0.2) is 4.98 Å². The first-order chi connectivity index (χ1) is 34.2. The Labute approximate surface area is 408 Å². The zero-order valence-corrected chi connectivity index (χ0v) is 39.9. The minimum absolute atomic E-state index is 0.132. The molecule has 1 aliphatic carbocycles. The van der Waals surface area contributed by atoms with Gasteiger partial charge >= 0.3 is 0 Å². The van der Waals surface area contributed by atoms with Gasteiger partial charge in [-0.05, 0) is 98.5 Å². The fourth-order valence-electron chi connectivity index (χ4n) is 11.2. The summed E-state index contributed by atoms with van der Waals surface area (Å²) in [7, 11) is 0. The van der Waals surface area contributed by atoms with E-state index in [9.17, 15) is 0 Å². The molecule has 13 rings (SSSR count). The third-order valence-electron chi connectivity index (χ3n) is 15.1. The van der Waals surface area contributed by atoms with E-state index in [0.717, 1.165) is 77.3 Å². The van der Waals surface area contributed by atoms with Gasteiger partial charge in [0.2, 0.25) is 5.95 Å². The second kappa shape index (κ2) is 16.1. The molecule has 70 heavy (non-hydrogen) atoms. The van der Waals surface area contributed by atoms with Crippen LogP contribution in [0.25, 0.3) is 111 Å². The Morgan fingerprint density at radius 2 is 0.771 bits per heavy atom. The molecular formula is C65H51N5. The fraction of sp³-hybridized carbons (Fsp3) is 0.123. The number of hydrogen-bond acceptors (Lipinski definition) is 3. The lowest BCUT2D eigenvalue weighted by atomic mass is 9.63. The number of nitrogens with zero attached hydrogens (tertiary/aromatic N) is 5. The summed E-state index contributed by atoms with van der Waals surface area (Å²) in [5, 5.41) is 4.61. The molecule has 5 nitrogen and oxygen atoms in total. The van der Waals surface area contributed by atoms with Crippen LogP contribution >= 0.6 is 0 Å². The summed E-state index contributed by atoms with van der Waals surface area (Å²) in [4.78, 5) is 16.2. The first-order valence-corrected chi connectivity index (χ1v) is 24.5. The number of rotatable bonds is 7. The SMILES string of the molecule is CC1(C)CCC(C)(C)c2cc(-c3ccc(-n4c5ccccc5c5ccc6c7ccccc7n(-c7nc(-c8ccc(-c9ccccc9)cc8)nc(-c8cccc(-c9ccccc9)c8)n7)c6c54)cc3)ccc21. The molecule has 0 aliphatic heterocycles. The van der Waals surface area contributed by atoms with E-state index in [4.69, 9.17) is 15.0 Å². The molecule has 12 aromatic rings. The van der Waals surface area contributed by atoms with E-state index in [1.807, 2.05) is 6.07 Å². The van der Waals surface area contributed by atoms with Gasteiger partial charge in [0.05, 0.1) is 22.1 Å². The lowest BCUT2D eigenvalue weighted by Gasteiger charge is -2.42. The first-order valence-electron chi connectivity index (χ1n) is 24.5. The van der Waals surface area contributed by atoms with Gasteiger partial charge in [0, 0.05) is 38.4 Å². The van der Waals surface area contributed by atoms with Crippen LogP contribution in [0.5, 0.6) is 0 Å². The molecule has 0 atom stereocenters. The van der Waals surface area contributed by atoms with Gasteiger partial charge in [-0.15, -0.1) is 0 Å². The molecule has 9 aromatic carbocycles. The molecule has 0 saturated carbocycles. The van der Waals surface area contributed by atoms with Crippen molar-refractivity contribution in [1.29, 1.82) is 0 Å². The Morgan fingerprint density at radius 3 is 1.43 bits per heavy atom. The Bertz CT molecular complexity index is 3970. The van der Waals surface area contributed by atoms with Crippen LogP contribution in [-0.4, -0.2) is 24.1 Å². The molecule has 0 fully saturated rings. The van der Waals surface area contributed by atoms with Crippen molar-refractivity contribution in [3.05, 3.63) is 223 Å². The maximum absolute atomic E-state index is 5.46. The van der Waals surface area contributed by atoms with Crippen LogP contribution in [0.4, 0.5) is 0 Å². The molecule has 0 spiro atoms. The van der Waals surface area contributed by atoms with Gasteiger partial charge in [-0.2, -0.15) is 9.97 Å². The largest absolute Gasteiger partial charge is 0.307 e. The van der Waals surface area contributed by atoms with Crippen LogP contribution in [0.1, 0.15) is 51.7 Å². The van der Waals surface area contributed by atoms with E-state index < -0.39 is 0 Å². The lowest BCUT2D eigenvalue weighted by molar-refractivity contribution is 0.332. The number of fused-ring (bicyclic) bond motifs is 8. The number of para-hydroxylation sites is 2. The highest BCUT2D eigenvalue weighted by Gasteiger charge is 2.37. The average molecular weight is 902 g/mol. The molecule has 0 radical (unpaired) electrons. The van der Waals surface area contributed by atoms with Gasteiger partial charge in [0.15, 0.2) is 11.6 Å². The predicted molar refractivity (Wildman–Crippen MR) is 291 cm³/mol. The van der Waals surface area contributed by atoms with Crippen molar-refractivity contribution >= 4 is 43.6 Å². The molecule has 0 saturated heterocycles. The summed E-state index contributed by atoms with van der Waals surface area (Å²) in [6.07, 6.45) is 2.39. The Morgan fingerprint density at radius 1 is 0.329 bits per heavy atom. The third-order valence-corrected chi connectivity index (χ3v) is 15.1. The van der Waals surface area contributed by atoms with Crippen molar-refractivity contribution < 1.29 is 0 Å². The Balaban J connectivity index is 1.04. The maximum Gasteiger partial charge on any atom is 0.238 e. The van der Waals surface area contributed by atoms with Crippen molar-refractivity contribution in [3.8, 4) is 67.8 Å².